The number of nitrogens with zero attached hydrogens (tertiary/aromatic N) is 2. The van der Waals surface area contributed by atoms with Crippen LogP contribution in [0.5, 0.6) is 0 Å². The Balaban J connectivity index is 1.67. The maximum absolute atomic E-state index is 12.3. The molecule has 1 aliphatic heterocycles. The van der Waals surface area contributed by atoms with Crippen molar-refractivity contribution < 1.29 is 4.79 Å². The maximum Gasteiger partial charge on any atom is 0.227 e. The third kappa shape index (κ3) is 5.48. The summed E-state index contributed by atoms with van der Waals surface area (Å²) in [5.74, 6) is 0.254. The monoisotopic (exact) mass is 289 g/mol. The molecule has 1 aliphatic rings. The van der Waals surface area contributed by atoms with Crippen LogP contribution in [0.1, 0.15) is 24.8 Å². The van der Waals surface area contributed by atoms with Gasteiger partial charge in [0.1, 0.15) is 0 Å². The third-order valence-corrected chi connectivity index (χ3v) is 4.10. The van der Waals surface area contributed by atoms with E-state index in [-0.39, 0.29) is 5.91 Å². The maximum atomic E-state index is 12.3. The second-order valence-electron chi connectivity index (χ2n) is 5.73. The Morgan fingerprint density at radius 2 is 1.71 bits per heavy atom. The average molecular weight is 289 g/mol. The van der Waals surface area contributed by atoms with Crippen molar-refractivity contribution in [2.45, 2.75) is 25.7 Å². The van der Waals surface area contributed by atoms with Gasteiger partial charge < -0.3 is 10.6 Å². The molecular formula is C17H27N3O. The first-order valence-electron chi connectivity index (χ1n) is 8.03. The van der Waals surface area contributed by atoms with E-state index in [9.17, 15) is 4.79 Å². The summed E-state index contributed by atoms with van der Waals surface area (Å²) in [6.45, 7) is 5.67. The molecule has 0 aromatic heterocycles. The number of hydrogen-bond acceptors (Lipinski definition) is 3. The van der Waals surface area contributed by atoms with E-state index < -0.39 is 0 Å². The number of benzene rings is 1. The SMILES string of the molecule is NCCCCCN1CCN(C(=O)Cc2ccccc2)CC1. The Kier molecular flexibility index (Phi) is 6.70. The van der Waals surface area contributed by atoms with Crippen LogP contribution in [0.4, 0.5) is 0 Å². The standard InChI is InChI=1S/C17H27N3O/c18-9-5-2-6-10-19-11-13-20(14-12-19)17(21)15-16-7-3-1-4-8-16/h1,3-4,7-8H,2,5-6,9-15,18H2. The molecule has 1 heterocycles. The van der Waals surface area contributed by atoms with Gasteiger partial charge in [-0.15, -0.1) is 0 Å². The van der Waals surface area contributed by atoms with Crippen LogP contribution < -0.4 is 5.73 Å². The van der Waals surface area contributed by atoms with E-state index in [1.165, 1.54) is 12.8 Å². The highest BCUT2D eigenvalue weighted by Crippen LogP contribution is 2.08. The molecule has 21 heavy (non-hydrogen) atoms. The van der Waals surface area contributed by atoms with Crippen LogP contribution in [0.2, 0.25) is 0 Å². The highest BCUT2D eigenvalue weighted by Gasteiger charge is 2.20. The number of rotatable bonds is 7. The first kappa shape index (κ1) is 16.0. The van der Waals surface area contributed by atoms with Gasteiger partial charge in [-0.3, -0.25) is 9.69 Å². The molecule has 1 aromatic rings. The van der Waals surface area contributed by atoms with E-state index in [2.05, 4.69) is 4.90 Å². The van der Waals surface area contributed by atoms with Crippen LogP contribution in [0.15, 0.2) is 30.3 Å². The summed E-state index contributed by atoms with van der Waals surface area (Å²) >= 11 is 0. The summed E-state index contributed by atoms with van der Waals surface area (Å²) in [7, 11) is 0. The highest BCUT2D eigenvalue weighted by atomic mass is 16.2. The predicted octanol–water partition coefficient (Wildman–Crippen LogP) is 1.50. The topological polar surface area (TPSA) is 49.6 Å². The minimum absolute atomic E-state index is 0.254. The first-order chi connectivity index (χ1) is 10.3. The van der Waals surface area contributed by atoms with Crippen molar-refractivity contribution in [1.29, 1.82) is 0 Å². The number of carbonyl (C=O) groups is 1. The summed E-state index contributed by atoms with van der Waals surface area (Å²) < 4.78 is 0. The summed E-state index contributed by atoms with van der Waals surface area (Å²) in [5, 5.41) is 0. The molecule has 0 saturated carbocycles. The van der Waals surface area contributed by atoms with E-state index in [4.69, 9.17) is 5.73 Å². The van der Waals surface area contributed by atoms with Crippen LogP contribution in [-0.2, 0) is 11.2 Å². The predicted molar refractivity (Wildman–Crippen MR) is 86.1 cm³/mol. The zero-order valence-corrected chi connectivity index (χ0v) is 12.8. The van der Waals surface area contributed by atoms with Crippen LogP contribution >= 0.6 is 0 Å². The average Bonchev–Trinajstić information content (AvgIpc) is 2.53. The molecule has 0 bridgehead atoms. The van der Waals surface area contributed by atoms with Gasteiger partial charge in [-0.25, -0.2) is 0 Å². The number of hydrogen-bond donors (Lipinski definition) is 1. The Labute approximate surface area is 127 Å². The Morgan fingerprint density at radius 3 is 2.38 bits per heavy atom. The van der Waals surface area contributed by atoms with Crippen LogP contribution in [0.25, 0.3) is 0 Å². The first-order valence-corrected chi connectivity index (χ1v) is 8.03. The molecule has 0 unspecified atom stereocenters. The summed E-state index contributed by atoms with van der Waals surface area (Å²) in [6, 6.07) is 10.00. The zero-order chi connectivity index (χ0) is 14.9. The number of piperazine rings is 1. The third-order valence-electron chi connectivity index (χ3n) is 4.10. The second kappa shape index (κ2) is 8.80. The molecule has 0 aliphatic carbocycles. The molecule has 0 radical (unpaired) electrons. The summed E-state index contributed by atoms with van der Waals surface area (Å²) in [4.78, 5) is 16.7. The molecular weight excluding hydrogens is 262 g/mol. The molecule has 4 nitrogen and oxygen atoms in total. The lowest BCUT2D eigenvalue weighted by molar-refractivity contribution is -0.132. The van der Waals surface area contributed by atoms with Gasteiger partial charge in [0.25, 0.3) is 0 Å². The van der Waals surface area contributed by atoms with Gasteiger partial charge in [0, 0.05) is 26.2 Å². The van der Waals surface area contributed by atoms with Gasteiger partial charge >= 0.3 is 0 Å². The van der Waals surface area contributed by atoms with E-state index in [0.29, 0.717) is 6.42 Å². The van der Waals surface area contributed by atoms with Gasteiger partial charge in [-0.1, -0.05) is 36.8 Å². The largest absolute Gasteiger partial charge is 0.340 e. The fourth-order valence-electron chi connectivity index (χ4n) is 2.76. The van der Waals surface area contributed by atoms with E-state index >= 15 is 0 Å². The van der Waals surface area contributed by atoms with Crippen LogP contribution in [0, 0.1) is 0 Å². The van der Waals surface area contributed by atoms with E-state index in [1.807, 2.05) is 35.2 Å². The second-order valence-corrected chi connectivity index (χ2v) is 5.73. The molecule has 1 aromatic carbocycles. The van der Waals surface area contributed by atoms with Gasteiger partial charge in [0.15, 0.2) is 0 Å². The van der Waals surface area contributed by atoms with Crippen molar-refractivity contribution in [3.05, 3.63) is 35.9 Å². The minimum atomic E-state index is 0.254. The van der Waals surface area contributed by atoms with Crippen LogP contribution in [-0.4, -0.2) is 55.0 Å². The molecule has 116 valence electrons. The molecule has 0 spiro atoms. The summed E-state index contributed by atoms with van der Waals surface area (Å²) in [5.41, 5.74) is 6.61. The number of carbonyl (C=O) groups excluding carboxylic acids is 1. The van der Waals surface area contributed by atoms with Crippen molar-refractivity contribution in [1.82, 2.24) is 9.80 Å². The van der Waals surface area contributed by atoms with Gasteiger partial charge in [-0.05, 0) is 31.5 Å². The Morgan fingerprint density at radius 1 is 1.00 bits per heavy atom. The number of amides is 1. The number of unbranched alkanes of at least 4 members (excludes halogenated alkanes) is 2. The molecule has 4 heteroatoms. The Hall–Kier alpha value is -1.39. The van der Waals surface area contributed by atoms with Gasteiger partial charge in [0.2, 0.25) is 5.91 Å². The lowest BCUT2D eigenvalue weighted by Crippen LogP contribution is -2.49. The smallest absolute Gasteiger partial charge is 0.227 e. The minimum Gasteiger partial charge on any atom is -0.340 e. The van der Waals surface area contributed by atoms with Crippen molar-refractivity contribution in [3.63, 3.8) is 0 Å². The lowest BCUT2D eigenvalue weighted by Gasteiger charge is -2.34. The zero-order valence-electron chi connectivity index (χ0n) is 12.8. The highest BCUT2D eigenvalue weighted by molar-refractivity contribution is 5.78. The molecule has 2 N–H and O–H groups in total. The fraction of sp³-hybridized carbons (Fsp3) is 0.588. The quantitative estimate of drug-likeness (QED) is 0.774. The molecule has 1 fully saturated rings. The van der Waals surface area contributed by atoms with Crippen molar-refractivity contribution in [2.24, 2.45) is 5.73 Å². The molecule has 2 rings (SSSR count). The van der Waals surface area contributed by atoms with Crippen molar-refractivity contribution in [3.8, 4) is 0 Å². The van der Waals surface area contributed by atoms with Crippen LogP contribution in [0.3, 0.4) is 0 Å². The Bertz CT molecular complexity index is 413. The molecule has 1 saturated heterocycles. The van der Waals surface area contributed by atoms with E-state index in [0.717, 1.165) is 51.3 Å². The van der Waals surface area contributed by atoms with Crippen molar-refractivity contribution in [2.75, 3.05) is 39.3 Å². The van der Waals surface area contributed by atoms with Gasteiger partial charge in [0.05, 0.1) is 6.42 Å². The molecule has 0 atom stereocenters. The fourth-order valence-corrected chi connectivity index (χ4v) is 2.76. The normalized spacial score (nSPS) is 16.1. The van der Waals surface area contributed by atoms with E-state index in [1.54, 1.807) is 0 Å². The molecule has 1 amide bonds. The van der Waals surface area contributed by atoms with Gasteiger partial charge in [-0.2, -0.15) is 0 Å². The van der Waals surface area contributed by atoms with Crippen molar-refractivity contribution >= 4 is 5.91 Å². The lowest BCUT2D eigenvalue weighted by atomic mass is 10.1. The number of nitrogens with two attached hydrogens (primary N) is 1. The summed E-state index contributed by atoms with van der Waals surface area (Å²) in [6.07, 6.45) is 4.08.